The van der Waals surface area contributed by atoms with Crippen LogP contribution in [0.3, 0.4) is 0 Å². The summed E-state index contributed by atoms with van der Waals surface area (Å²) in [5, 5.41) is 3.11. The fourth-order valence-electron chi connectivity index (χ4n) is 5.11. The van der Waals surface area contributed by atoms with Crippen LogP contribution < -0.4 is 0 Å². The van der Waals surface area contributed by atoms with E-state index in [1.807, 2.05) is 36.1 Å². The van der Waals surface area contributed by atoms with Crippen molar-refractivity contribution in [3.05, 3.63) is 75.6 Å². The minimum absolute atomic E-state index is 0.155. The number of nitrogens with zero attached hydrogens (tertiary/aromatic N) is 2. The zero-order valence-electron chi connectivity index (χ0n) is 17.3. The van der Waals surface area contributed by atoms with Crippen molar-refractivity contribution in [2.75, 3.05) is 13.1 Å². The first kappa shape index (κ1) is 18.8. The van der Waals surface area contributed by atoms with Gasteiger partial charge in [0.05, 0.1) is 28.2 Å². The molecule has 0 bridgehead atoms. The molecule has 1 saturated carbocycles. The zero-order valence-corrected chi connectivity index (χ0v) is 18.1. The average molecular weight is 431 g/mol. The molecule has 31 heavy (non-hydrogen) atoms. The SMILES string of the molecule is Cc1nc(-c2ccc(C3(C(=O)N4CC[C@@]5(C4)OC(=O)c4ccccc45)CC3)cc2)cs1. The highest BCUT2D eigenvalue weighted by Crippen LogP contribution is 2.52. The third-order valence-electron chi connectivity index (χ3n) is 6.96. The lowest BCUT2D eigenvalue weighted by Crippen LogP contribution is -2.40. The Labute approximate surface area is 184 Å². The molecule has 1 atom stereocenters. The van der Waals surface area contributed by atoms with Crippen molar-refractivity contribution in [1.82, 2.24) is 9.88 Å². The highest BCUT2D eigenvalue weighted by molar-refractivity contribution is 7.09. The van der Waals surface area contributed by atoms with E-state index >= 15 is 0 Å². The Balaban J connectivity index is 1.25. The van der Waals surface area contributed by atoms with Gasteiger partial charge in [0.25, 0.3) is 0 Å². The first-order valence-corrected chi connectivity index (χ1v) is 11.5. The number of hydrogen-bond acceptors (Lipinski definition) is 5. The zero-order chi connectivity index (χ0) is 21.2. The number of likely N-dealkylation sites (tertiary alicyclic amines) is 1. The van der Waals surface area contributed by atoms with Crippen molar-refractivity contribution in [2.24, 2.45) is 0 Å². The molecular formula is C25H22N2O3S. The molecule has 1 aliphatic carbocycles. The van der Waals surface area contributed by atoms with Gasteiger partial charge in [0, 0.05) is 29.5 Å². The third-order valence-corrected chi connectivity index (χ3v) is 7.73. The molecule has 0 N–H and O–H groups in total. The second-order valence-corrected chi connectivity index (χ2v) is 9.88. The van der Waals surface area contributed by atoms with Gasteiger partial charge in [-0.15, -0.1) is 11.3 Å². The van der Waals surface area contributed by atoms with Crippen LogP contribution in [0.2, 0.25) is 0 Å². The van der Waals surface area contributed by atoms with E-state index < -0.39 is 11.0 Å². The number of ether oxygens (including phenoxy) is 1. The molecule has 2 aliphatic heterocycles. The van der Waals surface area contributed by atoms with Crippen LogP contribution in [0, 0.1) is 6.92 Å². The molecule has 6 heteroatoms. The van der Waals surface area contributed by atoms with Crippen LogP contribution >= 0.6 is 11.3 Å². The van der Waals surface area contributed by atoms with E-state index in [0.717, 1.165) is 40.2 Å². The Morgan fingerprint density at radius 1 is 1.10 bits per heavy atom. The van der Waals surface area contributed by atoms with Gasteiger partial charge in [-0.25, -0.2) is 9.78 Å². The maximum atomic E-state index is 13.6. The summed E-state index contributed by atoms with van der Waals surface area (Å²) in [4.78, 5) is 32.4. The van der Waals surface area contributed by atoms with Gasteiger partial charge in [-0.05, 0) is 31.4 Å². The highest BCUT2D eigenvalue weighted by atomic mass is 32.1. The first-order chi connectivity index (χ1) is 15.0. The number of benzene rings is 2. The van der Waals surface area contributed by atoms with Crippen LogP contribution in [-0.4, -0.2) is 34.8 Å². The van der Waals surface area contributed by atoms with Crippen molar-refractivity contribution >= 4 is 23.2 Å². The van der Waals surface area contributed by atoms with Crippen LogP contribution in [0.1, 0.15) is 45.8 Å². The number of hydrogen-bond donors (Lipinski definition) is 0. The van der Waals surface area contributed by atoms with Gasteiger partial charge in [0.1, 0.15) is 0 Å². The Morgan fingerprint density at radius 3 is 2.58 bits per heavy atom. The predicted octanol–water partition coefficient (Wildman–Crippen LogP) is 4.45. The van der Waals surface area contributed by atoms with Crippen LogP contribution in [0.5, 0.6) is 0 Å². The lowest BCUT2D eigenvalue weighted by atomic mass is 9.91. The quantitative estimate of drug-likeness (QED) is 0.576. The lowest BCUT2D eigenvalue weighted by Gasteiger charge is -2.27. The fourth-order valence-corrected chi connectivity index (χ4v) is 5.74. The monoisotopic (exact) mass is 430 g/mol. The number of carbonyl (C=O) groups excluding carboxylic acids is 2. The Hall–Kier alpha value is -2.99. The number of esters is 1. The summed E-state index contributed by atoms with van der Waals surface area (Å²) in [6, 6.07) is 15.8. The molecular weight excluding hydrogens is 408 g/mol. The second kappa shape index (κ2) is 6.50. The number of rotatable bonds is 3. The number of aryl methyl sites for hydroxylation is 1. The molecule has 1 spiro atoms. The molecule has 0 radical (unpaired) electrons. The summed E-state index contributed by atoms with van der Waals surface area (Å²) in [5.74, 6) is -0.124. The van der Waals surface area contributed by atoms with Crippen LogP contribution in [0.4, 0.5) is 0 Å². The number of carbonyl (C=O) groups is 2. The molecule has 6 rings (SSSR count). The van der Waals surface area contributed by atoms with Gasteiger partial charge in [-0.1, -0.05) is 42.5 Å². The van der Waals surface area contributed by atoms with E-state index in [4.69, 9.17) is 4.74 Å². The maximum Gasteiger partial charge on any atom is 0.339 e. The predicted molar refractivity (Wildman–Crippen MR) is 118 cm³/mol. The van der Waals surface area contributed by atoms with E-state index in [-0.39, 0.29) is 11.9 Å². The van der Waals surface area contributed by atoms with E-state index in [1.165, 1.54) is 0 Å². The minimum Gasteiger partial charge on any atom is -0.449 e. The molecule has 1 amide bonds. The summed E-state index contributed by atoms with van der Waals surface area (Å²) < 4.78 is 5.83. The molecule has 0 unspecified atom stereocenters. The van der Waals surface area contributed by atoms with Crippen molar-refractivity contribution in [3.8, 4) is 11.3 Å². The summed E-state index contributed by atoms with van der Waals surface area (Å²) in [5.41, 5.74) is 3.54. The molecule has 3 aliphatic rings. The Bertz CT molecular complexity index is 1210. The van der Waals surface area contributed by atoms with Crippen molar-refractivity contribution < 1.29 is 14.3 Å². The second-order valence-electron chi connectivity index (χ2n) is 8.82. The van der Waals surface area contributed by atoms with Gasteiger partial charge in [0.2, 0.25) is 5.91 Å². The lowest BCUT2D eigenvalue weighted by molar-refractivity contribution is -0.134. The minimum atomic E-state index is -0.689. The fraction of sp³-hybridized carbons (Fsp3) is 0.320. The average Bonchev–Trinajstić information content (AvgIpc) is 3.17. The third kappa shape index (κ3) is 2.78. The maximum absolute atomic E-state index is 13.6. The normalized spacial score (nSPS) is 23.1. The Kier molecular flexibility index (Phi) is 3.93. The topological polar surface area (TPSA) is 59.5 Å². The molecule has 3 aromatic rings. The van der Waals surface area contributed by atoms with E-state index in [2.05, 4.69) is 34.6 Å². The molecule has 156 valence electrons. The molecule has 2 fully saturated rings. The molecule has 2 aromatic carbocycles. The molecule has 1 aromatic heterocycles. The van der Waals surface area contributed by atoms with Crippen molar-refractivity contribution in [1.29, 1.82) is 0 Å². The van der Waals surface area contributed by atoms with E-state index in [1.54, 1.807) is 11.3 Å². The van der Waals surface area contributed by atoms with E-state index in [9.17, 15) is 9.59 Å². The first-order valence-electron chi connectivity index (χ1n) is 10.7. The van der Waals surface area contributed by atoms with Gasteiger partial charge in [-0.3, -0.25) is 4.79 Å². The number of fused-ring (bicyclic) bond motifs is 2. The van der Waals surface area contributed by atoms with Crippen LogP contribution in [0.15, 0.2) is 53.9 Å². The largest absolute Gasteiger partial charge is 0.449 e. The smallest absolute Gasteiger partial charge is 0.339 e. The van der Waals surface area contributed by atoms with Crippen LogP contribution in [0.25, 0.3) is 11.3 Å². The van der Waals surface area contributed by atoms with Gasteiger partial charge < -0.3 is 9.64 Å². The Morgan fingerprint density at radius 2 is 1.87 bits per heavy atom. The van der Waals surface area contributed by atoms with Crippen molar-refractivity contribution in [2.45, 2.75) is 37.2 Å². The molecule has 1 saturated heterocycles. The van der Waals surface area contributed by atoms with Crippen molar-refractivity contribution in [3.63, 3.8) is 0 Å². The number of amides is 1. The standard InChI is InChI=1S/C25H22N2O3S/c1-16-26-21(14-31-16)17-6-8-18(9-7-17)24(10-11-24)23(29)27-13-12-25(15-27)20-5-3-2-4-19(20)22(28)30-25/h2-9,14H,10-13,15H2,1H3/t25-/m0/s1. The molecule has 5 nitrogen and oxygen atoms in total. The van der Waals surface area contributed by atoms with Crippen LogP contribution in [-0.2, 0) is 20.5 Å². The summed E-state index contributed by atoms with van der Waals surface area (Å²) in [6.45, 7) is 3.05. The summed E-state index contributed by atoms with van der Waals surface area (Å²) >= 11 is 1.64. The molecule has 3 heterocycles. The number of aromatic nitrogens is 1. The van der Waals surface area contributed by atoms with Gasteiger partial charge in [0.15, 0.2) is 5.60 Å². The number of thiazole rings is 1. The van der Waals surface area contributed by atoms with E-state index in [0.29, 0.717) is 25.1 Å². The summed E-state index contributed by atoms with van der Waals surface area (Å²) in [6.07, 6.45) is 2.38. The summed E-state index contributed by atoms with van der Waals surface area (Å²) in [7, 11) is 0. The van der Waals surface area contributed by atoms with Gasteiger partial charge in [-0.2, -0.15) is 0 Å². The highest BCUT2D eigenvalue weighted by Gasteiger charge is 2.57. The van der Waals surface area contributed by atoms with Gasteiger partial charge >= 0.3 is 5.97 Å².